The van der Waals surface area contributed by atoms with Crippen molar-refractivity contribution in [3.63, 3.8) is 0 Å². The van der Waals surface area contributed by atoms with E-state index >= 15 is 0 Å². The molecule has 0 amide bonds. The molecule has 0 saturated carbocycles. The van der Waals surface area contributed by atoms with Crippen LogP contribution in [0.5, 0.6) is 11.5 Å². The number of rotatable bonds is 4. The topological polar surface area (TPSA) is 18.5 Å². The van der Waals surface area contributed by atoms with Crippen molar-refractivity contribution < 1.29 is 9.47 Å². The SMILES string of the molecule is CC(C)Oc1c2ccccc2c(OC(C)C)c2cc(C(C)(C)C)ccc12. The average Bonchev–Trinajstić information content (AvgIpc) is 2.56. The lowest BCUT2D eigenvalue weighted by Crippen LogP contribution is -2.12. The number of benzene rings is 3. The molecule has 0 unspecified atom stereocenters. The maximum absolute atomic E-state index is 6.31. The summed E-state index contributed by atoms with van der Waals surface area (Å²) in [6.45, 7) is 15.0. The molecule has 2 heteroatoms. The molecule has 0 saturated heterocycles. The van der Waals surface area contributed by atoms with Crippen molar-refractivity contribution in [3.05, 3.63) is 48.0 Å². The van der Waals surface area contributed by atoms with Crippen molar-refractivity contribution in [1.29, 1.82) is 0 Å². The van der Waals surface area contributed by atoms with Crippen LogP contribution in [0.1, 0.15) is 54.0 Å². The third-order valence-corrected chi connectivity index (χ3v) is 4.50. The van der Waals surface area contributed by atoms with Crippen LogP contribution in [0.4, 0.5) is 0 Å². The highest BCUT2D eigenvalue weighted by atomic mass is 16.5. The molecule has 0 heterocycles. The Kier molecular flexibility index (Phi) is 4.88. The Morgan fingerprint density at radius 2 is 1.12 bits per heavy atom. The van der Waals surface area contributed by atoms with Gasteiger partial charge in [0.15, 0.2) is 0 Å². The van der Waals surface area contributed by atoms with E-state index < -0.39 is 0 Å². The lowest BCUT2D eigenvalue weighted by Gasteiger charge is -2.24. The minimum absolute atomic E-state index is 0.0774. The molecular formula is C24H30O2. The van der Waals surface area contributed by atoms with Gasteiger partial charge in [-0.15, -0.1) is 0 Å². The van der Waals surface area contributed by atoms with E-state index in [1.165, 1.54) is 5.56 Å². The molecule has 0 N–H and O–H groups in total. The number of ether oxygens (including phenoxy) is 2. The Labute approximate surface area is 157 Å². The van der Waals surface area contributed by atoms with Crippen molar-refractivity contribution in [2.75, 3.05) is 0 Å². The van der Waals surface area contributed by atoms with Crippen molar-refractivity contribution in [1.82, 2.24) is 0 Å². The van der Waals surface area contributed by atoms with E-state index in [-0.39, 0.29) is 17.6 Å². The third kappa shape index (κ3) is 3.51. The molecule has 3 aromatic rings. The fourth-order valence-corrected chi connectivity index (χ4v) is 3.29. The summed E-state index contributed by atoms with van der Waals surface area (Å²) < 4.78 is 12.6. The zero-order chi connectivity index (χ0) is 19.1. The summed E-state index contributed by atoms with van der Waals surface area (Å²) in [6.07, 6.45) is 0.220. The summed E-state index contributed by atoms with van der Waals surface area (Å²) in [6, 6.07) is 15.0. The van der Waals surface area contributed by atoms with Gasteiger partial charge in [-0.3, -0.25) is 0 Å². The van der Waals surface area contributed by atoms with Gasteiger partial charge in [-0.1, -0.05) is 57.2 Å². The molecule has 0 aliphatic heterocycles. The molecule has 0 bridgehead atoms. The summed E-state index contributed by atoms with van der Waals surface area (Å²) in [5.41, 5.74) is 1.37. The first kappa shape index (κ1) is 18.6. The fraction of sp³-hybridized carbons (Fsp3) is 0.417. The molecule has 138 valence electrons. The normalized spacial score (nSPS) is 12.3. The van der Waals surface area contributed by atoms with Gasteiger partial charge in [-0.2, -0.15) is 0 Å². The van der Waals surface area contributed by atoms with Crippen molar-refractivity contribution in [2.24, 2.45) is 0 Å². The quantitative estimate of drug-likeness (QED) is 0.478. The minimum atomic E-state index is 0.0774. The second-order valence-corrected chi connectivity index (χ2v) is 8.55. The summed E-state index contributed by atoms with van der Waals surface area (Å²) >= 11 is 0. The second-order valence-electron chi connectivity index (χ2n) is 8.55. The van der Waals surface area contributed by atoms with Crippen LogP contribution in [0, 0.1) is 0 Å². The Balaban J connectivity index is 2.45. The van der Waals surface area contributed by atoms with E-state index in [0.717, 1.165) is 33.0 Å². The van der Waals surface area contributed by atoms with Gasteiger partial charge in [0.1, 0.15) is 11.5 Å². The maximum atomic E-state index is 6.31. The van der Waals surface area contributed by atoms with Crippen LogP contribution in [-0.2, 0) is 5.41 Å². The van der Waals surface area contributed by atoms with Gasteiger partial charge >= 0.3 is 0 Å². The fourth-order valence-electron chi connectivity index (χ4n) is 3.29. The highest BCUT2D eigenvalue weighted by Crippen LogP contribution is 2.44. The monoisotopic (exact) mass is 350 g/mol. The smallest absolute Gasteiger partial charge is 0.135 e. The van der Waals surface area contributed by atoms with Gasteiger partial charge < -0.3 is 9.47 Å². The van der Waals surface area contributed by atoms with Crippen LogP contribution in [0.25, 0.3) is 21.5 Å². The van der Waals surface area contributed by atoms with E-state index in [9.17, 15) is 0 Å². The molecule has 26 heavy (non-hydrogen) atoms. The van der Waals surface area contributed by atoms with Crippen molar-refractivity contribution in [2.45, 2.75) is 66.1 Å². The minimum Gasteiger partial charge on any atom is -0.490 e. The zero-order valence-electron chi connectivity index (χ0n) is 17.0. The lowest BCUT2D eigenvalue weighted by atomic mass is 9.85. The van der Waals surface area contributed by atoms with Gasteiger partial charge in [0.2, 0.25) is 0 Å². The zero-order valence-corrected chi connectivity index (χ0v) is 17.0. The summed E-state index contributed by atoms with van der Waals surface area (Å²) in [5.74, 6) is 1.90. The lowest BCUT2D eigenvalue weighted by molar-refractivity contribution is 0.244. The van der Waals surface area contributed by atoms with E-state index in [4.69, 9.17) is 9.47 Å². The van der Waals surface area contributed by atoms with Crippen molar-refractivity contribution in [3.8, 4) is 11.5 Å². The molecule has 0 spiro atoms. The summed E-state index contributed by atoms with van der Waals surface area (Å²) in [4.78, 5) is 0. The van der Waals surface area contributed by atoms with Gasteiger partial charge in [0, 0.05) is 21.5 Å². The van der Waals surface area contributed by atoms with Crippen LogP contribution in [0.15, 0.2) is 42.5 Å². The maximum Gasteiger partial charge on any atom is 0.135 e. The largest absolute Gasteiger partial charge is 0.490 e. The highest BCUT2D eigenvalue weighted by Gasteiger charge is 2.21. The van der Waals surface area contributed by atoms with Crippen LogP contribution < -0.4 is 9.47 Å². The van der Waals surface area contributed by atoms with Crippen LogP contribution in [0.3, 0.4) is 0 Å². The van der Waals surface area contributed by atoms with E-state index in [1.54, 1.807) is 0 Å². The molecule has 0 fully saturated rings. The Morgan fingerprint density at radius 3 is 1.58 bits per heavy atom. The Hall–Kier alpha value is -2.22. The first-order valence-corrected chi connectivity index (χ1v) is 9.50. The molecule has 0 aliphatic carbocycles. The highest BCUT2D eigenvalue weighted by molar-refractivity contribution is 6.11. The van der Waals surface area contributed by atoms with E-state index in [0.29, 0.717) is 0 Å². The Bertz CT molecular complexity index is 930. The van der Waals surface area contributed by atoms with Crippen LogP contribution in [-0.4, -0.2) is 12.2 Å². The molecule has 0 aromatic heterocycles. The van der Waals surface area contributed by atoms with Gasteiger partial charge in [0.05, 0.1) is 12.2 Å². The van der Waals surface area contributed by atoms with Crippen LogP contribution in [0.2, 0.25) is 0 Å². The predicted octanol–water partition coefficient (Wildman–Crippen LogP) is 6.86. The number of hydrogen-bond donors (Lipinski definition) is 0. The standard InChI is InChI=1S/C24H30O2/c1-15(2)25-22-18-10-8-9-11-19(18)23(26-16(3)4)21-14-17(24(5,6)7)12-13-20(21)22/h8-16H,1-7H3. The van der Waals surface area contributed by atoms with Crippen LogP contribution >= 0.6 is 0 Å². The van der Waals surface area contributed by atoms with Gasteiger partial charge in [-0.05, 0) is 44.7 Å². The molecule has 0 atom stereocenters. The number of hydrogen-bond acceptors (Lipinski definition) is 2. The molecule has 0 radical (unpaired) electrons. The molecule has 3 aromatic carbocycles. The second kappa shape index (κ2) is 6.83. The molecular weight excluding hydrogens is 320 g/mol. The number of fused-ring (bicyclic) bond motifs is 2. The molecule has 0 aliphatic rings. The van der Waals surface area contributed by atoms with E-state index in [2.05, 4.69) is 90.9 Å². The summed E-state index contributed by atoms with van der Waals surface area (Å²) in [5, 5.41) is 4.45. The van der Waals surface area contributed by atoms with Gasteiger partial charge in [-0.25, -0.2) is 0 Å². The van der Waals surface area contributed by atoms with Gasteiger partial charge in [0.25, 0.3) is 0 Å². The average molecular weight is 351 g/mol. The van der Waals surface area contributed by atoms with Crippen molar-refractivity contribution >= 4 is 21.5 Å². The molecule has 2 nitrogen and oxygen atoms in total. The molecule has 3 rings (SSSR count). The van der Waals surface area contributed by atoms with E-state index in [1.807, 2.05) is 0 Å². The first-order chi connectivity index (χ1) is 12.2. The Morgan fingerprint density at radius 1 is 0.654 bits per heavy atom. The summed E-state index contributed by atoms with van der Waals surface area (Å²) in [7, 11) is 0. The third-order valence-electron chi connectivity index (χ3n) is 4.50. The first-order valence-electron chi connectivity index (χ1n) is 9.50. The predicted molar refractivity (Wildman–Crippen MR) is 112 cm³/mol.